The van der Waals surface area contributed by atoms with Gasteiger partial charge in [-0.25, -0.2) is 0 Å². The van der Waals surface area contributed by atoms with Gasteiger partial charge in [0.05, 0.1) is 12.7 Å². The van der Waals surface area contributed by atoms with Crippen LogP contribution in [0.15, 0.2) is 0 Å². The first-order valence-electron chi connectivity index (χ1n) is 4.93. The van der Waals surface area contributed by atoms with Crippen LogP contribution in [0.2, 0.25) is 0 Å². The van der Waals surface area contributed by atoms with Gasteiger partial charge in [-0.2, -0.15) is 0 Å². The lowest BCUT2D eigenvalue weighted by molar-refractivity contribution is -0.146. The number of aliphatic hydroxyl groups excluding tert-OH is 1. The van der Waals surface area contributed by atoms with Gasteiger partial charge in [-0.1, -0.05) is 6.92 Å². The van der Waals surface area contributed by atoms with E-state index in [9.17, 15) is 9.90 Å². The molecule has 0 bridgehead atoms. The number of nitrogens with two attached hydrogens (primary N) is 1. The van der Waals surface area contributed by atoms with Crippen molar-refractivity contribution in [2.75, 3.05) is 19.7 Å². The molecule has 0 aliphatic carbocycles. The van der Waals surface area contributed by atoms with Crippen LogP contribution in [0.25, 0.3) is 0 Å². The smallest absolute Gasteiger partial charge is 0.251 e. The summed E-state index contributed by atoms with van der Waals surface area (Å²) >= 11 is 0. The molecule has 0 aromatic heterocycles. The third-order valence-corrected chi connectivity index (χ3v) is 2.64. The molecule has 82 valence electrons. The average Bonchev–Trinajstić information content (AvgIpc) is 2.11. The Bertz CT molecular complexity index is 198. The fourth-order valence-corrected chi connectivity index (χ4v) is 1.54. The summed E-state index contributed by atoms with van der Waals surface area (Å²) in [7, 11) is 0. The molecule has 0 aromatic rings. The molecule has 2 atom stereocenters. The van der Waals surface area contributed by atoms with Crippen molar-refractivity contribution in [3.05, 3.63) is 0 Å². The maximum atomic E-state index is 11.2. The summed E-state index contributed by atoms with van der Waals surface area (Å²) in [6.07, 6.45) is 0.672. The molecule has 0 spiro atoms. The number of aliphatic hydroxyl groups is 1. The van der Waals surface area contributed by atoms with Crippen LogP contribution < -0.4 is 11.1 Å². The Morgan fingerprint density at radius 1 is 1.79 bits per heavy atom. The van der Waals surface area contributed by atoms with E-state index in [2.05, 4.69) is 5.32 Å². The number of hydrogen-bond donors (Lipinski definition) is 3. The lowest BCUT2D eigenvalue weighted by atomic mass is 9.98. The zero-order valence-electron chi connectivity index (χ0n) is 8.45. The summed E-state index contributed by atoms with van der Waals surface area (Å²) in [5.41, 5.74) is 4.40. The van der Waals surface area contributed by atoms with Crippen molar-refractivity contribution in [2.24, 2.45) is 5.73 Å². The molecule has 0 aromatic carbocycles. The topological polar surface area (TPSA) is 84.6 Å². The Labute approximate surface area is 83.6 Å². The lowest BCUT2D eigenvalue weighted by Gasteiger charge is -2.32. The number of carbonyl (C=O) groups excluding carboxylic acids is 1. The maximum absolute atomic E-state index is 11.2. The molecule has 1 rings (SSSR count). The number of carbonyl (C=O) groups is 1. The van der Waals surface area contributed by atoms with Crippen molar-refractivity contribution in [1.82, 2.24) is 5.32 Å². The number of rotatable bonds is 2. The van der Waals surface area contributed by atoms with E-state index in [1.54, 1.807) is 0 Å². The lowest BCUT2D eigenvalue weighted by Crippen LogP contribution is -2.55. The van der Waals surface area contributed by atoms with Crippen molar-refractivity contribution in [1.29, 1.82) is 0 Å². The highest BCUT2D eigenvalue weighted by atomic mass is 16.5. The summed E-state index contributed by atoms with van der Waals surface area (Å²) < 4.78 is 5.45. The molecule has 1 aliphatic rings. The van der Waals surface area contributed by atoms with E-state index in [-0.39, 0.29) is 0 Å². The molecule has 1 saturated heterocycles. The van der Waals surface area contributed by atoms with Crippen molar-refractivity contribution in [2.45, 2.75) is 31.5 Å². The molecule has 5 heteroatoms. The van der Waals surface area contributed by atoms with Gasteiger partial charge in [-0.05, 0) is 12.8 Å². The Kier molecular flexibility index (Phi) is 3.86. The maximum Gasteiger partial charge on any atom is 0.251 e. The first kappa shape index (κ1) is 11.4. The number of nitrogens with one attached hydrogen (secondary N) is 1. The van der Waals surface area contributed by atoms with Crippen LogP contribution in [0.4, 0.5) is 0 Å². The second kappa shape index (κ2) is 4.72. The third kappa shape index (κ3) is 2.43. The van der Waals surface area contributed by atoms with Crippen molar-refractivity contribution in [3.63, 3.8) is 0 Å². The van der Waals surface area contributed by atoms with Crippen LogP contribution >= 0.6 is 0 Å². The van der Waals surface area contributed by atoms with Crippen molar-refractivity contribution >= 4 is 5.91 Å². The highest BCUT2D eigenvalue weighted by Crippen LogP contribution is 2.17. The highest BCUT2D eigenvalue weighted by Gasteiger charge is 2.36. The van der Waals surface area contributed by atoms with Crippen LogP contribution in [0.1, 0.15) is 19.8 Å². The van der Waals surface area contributed by atoms with Crippen molar-refractivity contribution < 1.29 is 14.6 Å². The average molecular weight is 202 g/mol. The summed E-state index contributed by atoms with van der Waals surface area (Å²) in [6.45, 7) is 3.10. The van der Waals surface area contributed by atoms with Gasteiger partial charge >= 0.3 is 0 Å². The summed E-state index contributed by atoms with van der Waals surface area (Å²) in [5, 5.41) is 12.3. The largest absolute Gasteiger partial charge is 0.392 e. The number of ether oxygens (including phenoxy) is 1. The van der Waals surface area contributed by atoms with E-state index in [0.717, 1.165) is 0 Å². The van der Waals surface area contributed by atoms with Crippen LogP contribution in [0.3, 0.4) is 0 Å². The van der Waals surface area contributed by atoms with Gasteiger partial charge in [-0.15, -0.1) is 0 Å². The first-order valence-corrected chi connectivity index (χ1v) is 4.93. The first-order chi connectivity index (χ1) is 6.60. The molecular weight excluding hydrogens is 184 g/mol. The van der Waals surface area contributed by atoms with Gasteiger partial charge in [0.25, 0.3) is 5.91 Å². The molecule has 1 aliphatic heterocycles. The van der Waals surface area contributed by atoms with Crippen LogP contribution in [-0.4, -0.2) is 42.4 Å². The van der Waals surface area contributed by atoms with Gasteiger partial charge < -0.3 is 20.9 Å². The van der Waals surface area contributed by atoms with Crippen LogP contribution in [-0.2, 0) is 9.53 Å². The van der Waals surface area contributed by atoms with Crippen LogP contribution in [0, 0.1) is 0 Å². The molecule has 5 nitrogen and oxygen atoms in total. The molecule has 1 amide bonds. The van der Waals surface area contributed by atoms with Gasteiger partial charge in [0.15, 0.2) is 5.60 Å². The van der Waals surface area contributed by atoms with Gasteiger partial charge in [0, 0.05) is 13.1 Å². The van der Waals surface area contributed by atoms with E-state index in [1.807, 2.05) is 6.92 Å². The zero-order valence-corrected chi connectivity index (χ0v) is 8.45. The highest BCUT2D eigenvalue weighted by molar-refractivity contribution is 5.83. The SMILES string of the molecule is CCC1(C(N)=O)CNCC(O)CCO1. The molecule has 2 unspecified atom stereocenters. The van der Waals surface area contributed by atoms with Gasteiger partial charge in [0.2, 0.25) is 0 Å². The van der Waals surface area contributed by atoms with E-state index in [0.29, 0.717) is 32.5 Å². The number of primary amides is 1. The van der Waals surface area contributed by atoms with E-state index in [4.69, 9.17) is 10.5 Å². The minimum atomic E-state index is -0.903. The summed E-state index contributed by atoms with van der Waals surface area (Å²) in [4.78, 5) is 11.2. The van der Waals surface area contributed by atoms with Crippen molar-refractivity contribution in [3.8, 4) is 0 Å². The molecule has 1 heterocycles. The predicted molar refractivity (Wildman–Crippen MR) is 51.7 cm³/mol. The van der Waals surface area contributed by atoms with E-state index in [1.165, 1.54) is 0 Å². The summed E-state index contributed by atoms with van der Waals surface area (Å²) in [6, 6.07) is 0. The van der Waals surface area contributed by atoms with Gasteiger partial charge in [0.1, 0.15) is 0 Å². The standard InChI is InChI=1S/C9H18N2O3/c1-2-9(8(10)13)6-11-5-7(12)3-4-14-9/h7,11-12H,2-6H2,1H3,(H2,10,13). The normalized spacial score (nSPS) is 34.6. The minimum Gasteiger partial charge on any atom is -0.392 e. The number of β-amino-alcohol motifs (C(OH)–C–C–N with tert-alkyl or cyclic N) is 1. The zero-order chi connectivity index (χ0) is 10.6. The minimum absolute atomic E-state index is 0.371. The third-order valence-electron chi connectivity index (χ3n) is 2.64. The number of hydrogen-bond acceptors (Lipinski definition) is 4. The van der Waals surface area contributed by atoms with E-state index < -0.39 is 17.6 Å². The molecule has 1 fully saturated rings. The fourth-order valence-electron chi connectivity index (χ4n) is 1.54. The Morgan fingerprint density at radius 2 is 2.50 bits per heavy atom. The monoisotopic (exact) mass is 202 g/mol. The quantitative estimate of drug-likeness (QED) is 0.536. The predicted octanol–water partition coefficient (Wildman–Crippen LogP) is -1.01. The second-order valence-corrected chi connectivity index (χ2v) is 3.63. The van der Waals surface area contributed by atoms with Crippen LogP contribution in [0.5, 0.6) is 0 Å². The van der Waals surface area contributed by atoms with Gasteiger partial charge in [-0.3, -0.25) is 4.79 Å². The summed E-state index contributed by atoms with van der Waals surface area (Å²) in [5.74, 6) is -0.441. The Morgan fingerprint density at radius 3 is 3.07 bits per heavy atom. The molecular formula is C9H18N2O3. The Hall–Kier alpha value is -0.650. The Balaban J connectivity index is 2.63. The molecule has 14 heavy (non-hydrogen) atoms. The molecule has 0 radical (unpaired) electrons. The molecule has 0 saturated carbocycles. The number of amides is 1. The second-order valence-electron chi connectivity index (χ2n) is 3.63. The van der Waals surface area contributed by atoms with E-state index >= 15 is 0 Å². The fraction of sp³-hybridized carbons (Fsp3) is 0.889. The molecule has 4 N–H and O–H groups in total.